The van der Waals surface area contributed by atoms with E-state index in [4.69, 9.17) is 32.9 Å². The Hall–Kier alpha value is -5.61. The maximum absolute atomic E-state index is 15.8. The summed E-state index contributed by atoms with van der Waals surface area (Å²) in [6.45, 7) is 6.64. The van der Waals surface area contributed by atoms with Crippen LogP contribution in [-0.4, -0.2) is 77.0 Å². The van der Waals surface area contributed by atoms with E-state index in [-0.39, 0.29) is 24.4 Å². The molecule has 11 heteroatoms. The molecule has 0 spiro atoms. The fraction of sp³-hybridized carbons (Fsp3) is 0.265. The van der Waals surface area contributed by atoms with Crippen LogP contribution in [-0.2, 0) is 23.5 Å². The Bertz CT molecular complexity index is 2350. The lowest BCUT2D eigenvalue weighted by atomic mass is 10.0. The van der Waals surface area contributed by atoms with Crippen LogP contribution < -0.4 is 29.1 Å². The van der Waals surface area contributed by atoms with Crippen molar-refractivity contribution in [3.05, 3.63) is 157 Å². The van der Waals surface area contributed by atoms with Crippen molar-refractivity contribution in [2.45, 2.75) is 30.1 Å². The molecule has 0 radical (unpaired) electrons. The van der Waals surface area contributed by atoms with Crippen LogP contribution >= 0.6 is 7.37 Å². The van der Waals surface area contributed by atoms with Gasteiger partial charge in [0.25, 0.3) is 7.37 Å². The predicted molar refractivity (Wildman–Crippen MR) is 231 cm³/mol. The lowest BCUT2D eigenvalue weighted by Crippen LogP contribution is -2.31. The van der Waals surface area contributed by atoms with E-state index in [1.54, 1.807) is 0 Å². The molecule has 5 aliphatic rings. The molecule has 6 aromatic carbocycles. The molecule has 0 N–H and O–H groups in total. The van der Waals surface area contributed by atoms with Crippen LogP contribution in [0, 0.1) is 0 Å². The number of nitrogens with zero attached hydrogens (tertiary/aromatic N) is 2. The van der Waals surface area contributed by atoms with Gasteiger partial charge in [-0.05, 0) is 102 Å². The molecule has 5 atom stereocenters. The number of benzene rings is 6. The van der Waals surface area contributed by atoms with Crippen molar-refractivity contribution >= 4 is 24.0 Å². The number of epoxide rings is 4. The number of anilines is 2. The first-order valence-corrected chi connectivity index (χ1v) is 22.4. The van der Waals surface area contributed by atoms with Crippen LogP contribution in [0.1, 0.15) is 16.8 Å². The van der Waals surface area contributed by atoms with Crippen LogP contribution in [0.25, 0.3) is 11.1 Å². The normalized spacial score (nSPS) is 23.3. The summed E-state index contributed by atoms with van der Waals surface area (Å²) in [5.41, 5.74) is 5.14. The molecule has 0 aromatic heterocycles. The maximum Gasteiger partial charge on any atom is 0.289 e. The van der Waals surface area contributed by atoms with Gasteiger partial charge in [-0.15, -0.1) is 0 Å². The molecule has 0 amide bonds. The van der Waals surface area contributed by atoms with Crippen LogP contribution in [0.4, 0.5) is 11.4 Å². The van der Waals surface area contributed by atoms with Gasteiger partial charge in [0.1, 0.15) is 34.4 Å². The highest BCUT2D eigenvalue weighted by molar-refractivity contribution is 7.68. The first-order valence-electron chi connectivity index (χ1n) is 20.7. The molecule has 60 heavy (non-hydrogen) atoms. The average molecular weight is 821 g/mol. The van der Waals surface area contributed by atoms with E-state index in [2.05, 4.69) is 34.1 Å². The zero-order valence-electron chi connectivity index (χ0n) is 33.0. The smallest absolute Gasteiger partial charge is 0.289 e. The Morgan fingerprint density at radius 1 is 0.483 bits per heavy atom. The average Bonchev–Trinajstić information content (AvgIpc) is 4.05. The minimum Gasteiger partial charge on any atom is -0.457 e. The molecule has 5 heterocycles. The van der Waals surface area contributed by atoms with Crippen molar-refractivity contribution in [2.24, 2.45) is 0 Å². The van der Waals surface area contributed by atoms with Crippen molar-refractivity contribution in [2.75, 3.05) is 62.4 Å². The molecule has 0 bridgehead atoms. The quantitative estimate of drug-likeness (QED) is 0.0654. The molecular formula is C49H45N2O8P. The predicted octanol–water partition coefficient (Wildman–Crippen LogP) is 9.23. The highest BCUT2D eigenvalue weighted by Gasteiger charge is 2.45. The molecule has 0 aliphatic carbocycles. The Morgan fingerprint density at radius 3 is 1.27 bits per heavy atom. The van der Waals surface area contributed by atoms with Crippen LogP contribution in [0.2, 0.25) is 0 Å². The summed E-state index contributed by atoms with van der Waals surface area (Å²) in [5.74, 6) is 3.41. The second-order valence-corrected chi connectivity index (χ2v) is 18.4. The number of rotatable bonds is 17. The zero-order valence-corrected chi connectivity index (χ0v) is 33.9. The van der Waals surface area contributed by atoms with Gasteiger partial charge in [-0.1, -0.05) is 60.7 Å². The molecule has 4 saturated heterocycles. The van der Waals surface area contributed by atoms with E-state index >= 15 is 4.57 Å². The van der Waals surface area contributed by atoms with E-state index in [1.807, 2.05) is 121 Å². The molecule has 11 rings (SSSR count). The molecule has 304 valence electrons. The minimum absolute atomic E-state index is 0.284. The van der Waals surface area contributed by atoms with Gasteiger partial charge >= 0.3 is 0 Å². The van der Waals surface area contributed by atoms with Crippen molar-refractivity contribution < 1.29 is 37.5 Å². The second-order valence-electron chi connectivity index (χ2n) is 16.1. The van der Waals surface area contributed by atoms with Gasteiger partial charge < -0.3 is 42.7 Å². The van der Waals surface area contributed by atoms with Crippen molar-refractivity contribution in [3.63, 3.8) is 0 Å². The Kier molecular flexibility index (Phi) is 9.83. The Labute approximate surface area is 349 Å². The summed E-state index contributed by atoms with van der Waals surface area (Å²) < 4.78 is 57.2. The third-order valence-electron chi connectivity index (χ3n) is 11.6. The Balaban J connectivity index is 0.861. The fourth-order valence-electron chi connectivity index (χ4n) is 8.12. The van der Waals surface area contributed by atoms with Gasteiger partial charge in [0.15, 0.2) is 0 Å². The van der Waals surface area contributed by atoms with Gasteiger partial charge in [-0.25, -0.2) is 0 Å². The highest BCUT2D eigenvalue weighted by Crippen LogP contribution is 2.65. The number of hydrogen-bond donors (Lipinski definition) is 0. The third kappa shape index (κ3) is 8.26. The number of hydrogen-bond acceptors (Lipinski definition) is 10. The summed E-state index contributed by atoms with van der Waals surface area (Å²) in [6.07, 6.45) is 1.14. The van der Waals surface area contributed by atoms with Crippen LogP contribution in [0.3, 0.4) is 0 Å². The topological polar surface area (TPSA) is 101 Å². The summed E-state index contributed by atoms with van der Waals surface area (Å²) in [7, 11) is -3.63. The summed E-state index contributed by atoms with van der Waals surface area (Å²) in [4.78, 5) is 4.64. The summed E-state index contributed by atoms with van der Waals surface area (Å²) >= 11 is 0. The van der Waals surface area contributed by atoms with E-state index in [0.717, 1.165) is 97.7 Å². The van der Waals surface area contributed by atoms with Crippen molar-refractivity contribution in [1.29, 1.82) is 0 Å². The molecule has 5 aliphatic heterocycles. The molecule has 0 saturated carbocycles. The van der Waals surface area contributed by atoms with Gasteiger partial charge in [-0.2, -0.15) is 0 Å². The standard InChI is InChI=1S/C49H45N2O8P/c52-60(48-8-4-2-6-46(48)45-5-1-3-7-47(45)59-60)49(33-9-17-37(18-10-33)57-39-21-13-35(14-22-39)50(25-41-29-53-41)26-42-30-54-42)34-11-19-38(20-12-34)58-40-23-15-36(16-24-40)51(27-43-31-55-43)28-44-32-56-44/h1-24,41-44,49H,25-32H2. The minimum atomic E-state index is -3.63. The summed E-state index contributed by atoms with van der Waals surface area (Å²) in [5, 5.41) is 0.695. The monoisotopic (exact) mass is 820 g/mol. The SMILES string of the molecule is O=P1(C(c2ccc(Oc3ccc(N(CC4CO4)CC4CO4)cc3)cc2)c2ccc(Oc3ccc(N(CC4CO4)CC4CO4)cc3)cc2)Oc2ccccc2-c2ccccc21. The highest BCUT2D eigenvalue weighted by atomic mass is 31.2. The van der Waals surface area contributed by atoms with E-state index in [1.165, 1.54) is 0 Å². The van der Waals surface area contributed by atoms with E-state index in [0.29, 0.717) is 22.6 Å². The number of fused-ring (bicyclic) bond motifs is 3. The second kappa shape index (κ2) is 15.8. The lowest BCUT2D eigenvalue weighted by molar-refractivity contribution is 0.388. The number of para-hydroxylation sites is 1. The van der Waals surface area contributed by atoms with Crippen LogP contribution in [0.5, 0.6) is 28.7 Å². The maximum atomic E-state index is 15.8. The molecule has 10 nitrogen and oxygen atoms in total. The van der Waals surface area contributed by atoms with Gasteiger partial charge in [0, 0.05) is 43.1 Å². The van der Waals surface area contributed by atoms with E-state index in [9.17, 15) is 0 Å². The summed E-state index contributed by atoms with van der Waals surface area (Å²) in [6, 6.07) is 47.7. The first kappa shape index (κ1) is 37.4. The van der Waals surface area contributed by atoms with Crippen molar-refractivity contribution in [1.82, 2.24) is 0 Å². The molecule has 5 unspecified atom stereocenters. The van der Waals surface area contributed by atoms with Gasteiger partial charge in [-0.3, -0.25) is 4.57 Å². The van der Waals surface area contributed by atoms with Crippen LogP contribution in [0.15, 0.2) is 146 Å². The molecule has 4 fully saturated rings. The van der Waals surface area contributed by atoms with Gasteiger partial charge in [0.05, 0.1) is 56.1 Å². The first-order chi connectivity index (χ1) is 29.5. The Morgan fingerprint density at radius 2 is 0.850 bits per heavy atom. The van der Waals surface area contributed by atoms with Gasteiger partial charge in [0.2, 0.25) is 0 Å². The third-order valence-corrected chi connectivity index (χ3v) is 14.4. The van der Waals surface area contributed by atoms with E-state index < -0.39 is 13.0 Å². The molecular weight excluding hydrogens is 776 g/mol. The largest absolute Gasteiger partial charge is 0.457 e. The lowest BCUT2D eigenvalue weighted by Gasteiger charge is -2.34. The number of ether oxygens (including phenoxy) is 6. The molecule has 6 aromatic rings. The fourth-order valence-corrected chi connectivity index (χ4v) is 11.0. The van der Waals surface area contributed by atoms with Crippen molar-refractivity contribution in [3.8, 4) is 39.9 Å². The zero-order chi connectivity index (χ0) is 40.0.